The van der Waals surface area contributed by atoms with Crippen LogP contribution in [0.5, 0.6) is 0 Å². The fourth-order valence-electron chi connectivity index (χ4n) is 2.68. The van der Waals surface area contributed by atoms with E-state index in [9.17, 15) is 9.59 Å². The van der Waals surface area contributed by atoms with Crippen LogP contribution in [-0.2, 0) is 16.0 Å². The number of carbonyl (C=O) groups is 2. The summed E-state index contributed by atoms with van der Waals surface area (Å²) in [6.07, 6.45) is 4.30. The summed E-state index contributed by atoms with van der Waals surface area (Å²) in [5.41, 5.74) is 1.53. The third-order valence-electron chi connectivity index (χ3n) is 3.89. The number of benzene rings is 1. The molecule has 1 aromatic heterocycles. The molecule has 3 rings (SSSR count). The number of nitrogens with one attached hydrogen (secondary N) is 2. The van der Waals surface area contributed by atoms with Crippen LogP contribution in [0.4, 0.5) is 5.13 Å². The molecular weight excluding hydrogens is 362 g/mol. The fraction of sp³-hybridized carbons (Fsp3) is 0.353. The van der Waals surface area contributed by atoms with Gasteiger partial charge < -0.3 is 15.4 Å². The summed E-state index contributed by atoms with van der Waals surface area (Å²) in [5, 5.41) is 6.63. The Morgan fingerprint density at radius 2 is 2.28 bits per heavy atom. The van der Waals surface area contributed by atoms with E-state index in [1.807, 2.05) is 18.2 Å². The number of nitrogens with zero attached hydrogens (tertiary/aromatic N) is 1. The molecular formula is C17H20ClN3O3S. The second kappa shape index (κ2) is 8.94. The molecule has 1 fully saturated rings. The second-order valence-corrected chi connectivity index (χ2v) is 6.75. The Labute approximate surface area is 156 Å². The monoisotopic (exact) mass is 381 g/mol. The highest BCUT2D eigenvalue weighted by molar-refractivity contribution is 7.15. The molecule has 0 saturated carbocycles. The van der Waals surface area contributed by atoms with Gasteiger partial charge in [0.05, 0.1) is 18.7 Å². The number of anilines is 1. The Hall–Kier alpha value is -1.96. The first kappa shape index (κ1) is 19.4. The van der Waals surface area contributed by atoms with Crippen LogP contribution in [0.15, 0.2) is 30.5 Å². The molecule has 0 aliphatic carbocycles. The molecule has 2 heterocycles. The normalized spacial score (nSPS) is 16.1. The third kappa shape index (κ3) is 5.01. The number of aromatic nitrogens is 1. The van der Waals surface area contributed by atoms with E-state index in [4.69, 9.17) is 4.74 Å². The van der Waals surface area contributed by atoms with Gasteiger partial charge in [0.15, 0.2) is 5.13 Å². The zero-order valence-electron chi connectivity index (χ0n) is 13.8. The number of hydrogen-bond acceptors (Lipinski definition) is 6. The fourth-order valence-corrected chi connectivity index (χ4v) is 3.52. The largest absolute Gasteiger partial charge is 0.465 e. The van der Waals surface area contributed by atoms with E-state index in [2.05, 4.69) is 15.6 Å². The lowest BCUT2D eigenvalue weighted by atomic mass is 10.1. The van der Waals surface area contributed by atoms with Gasteiger partial charge in [-0.15, -0.1) is 23.7 Å². The number of halogens is 1. The van der Waals surface area contributed by atoms with Gasteiger partial charge in [-0.1, -0.05) is 12.1 Å². The van der Waals surface area contributed by atoms with Crippen LogP contribution in [0.3, 0.4) is 0 Å². The minimum atomic E-state index is -0.349. The number of methoxy groups -OCH3 is 1. The molecule has 134 valence electrons. The lowest BCUT2D eigenvalue weighted by Crippen LogP contribution is -2.35. The summed E-state index contributed by atoms with van der Waals surface area (Å²) in [6, 6.07) is 7.20. The standard InChI is InChI=1S/C17H19N3O3S.ClH/c1-23-16(22)12-5-2-4-11(8-12)9-13-10-19-17(24-13)20-15(21)14-6-3-7-18-14;/h2,4-5,8,10,14,18H,3,6-7,9H2,1H3,(H,19,20,21);1H. The minimum absolute atomic E-state index is 0. The molecule has 2 N–H and O–H groups in total. The lowest BCUT2D eigenvalue weighted by molar-refractivity contribution is -0.117. The van der Waals surface area contributed by atoms with Crippen LogP contribution in [0.25, 0.3) is 0 Å². The molecule has 8 heteroatoms. The van der Waals surface area contributed by atoms with Crippen LogP contribution in [0, 0.1) is 0 Å². The molecule has 1 saturated heterocycles. The quantitative estimate of drug-likeness (QED) is 0.778. The molecule has 1 aliphatic heterocycles. The van der Waals surface area contributed by atoms with Crippen molar-refractivity contribution < 1.29 is 14.3 Å². The predicted molar refractivity (Wildman–Crippen MR) is 99.6 cm³/mol. The smallest absolute Gasteiger partial charge is 0.337 e. The van der Waals surface area contributed by atoms with Crippen molar-refractivity contribution in [2.24, 2.45) is 0 Å². The van der Waals surface area contributed by atoms with Crippen LogP contribution in [0.1, 0.15) is 33.6 Å². The number of esters is 1. The third-order valence-corrected chi connectivity index (χ3v) is 4.80. The molecule has 1 aliphatic rings. The average Bonchev–Trinajstić information content (AvgIpc) is 3.26. The molecule has 0 bridgehead atoms. The topological polar surface area (TPSA) is 80.3 Å². The summed E-state index contributed by atoms with van der Waals surface area (Å²) in [5.74, 6) is -0.376. The number of thiazole rings is 1. The molecule has 6 nitrogen and oxygen atoms in total. The van der Waals surface area contributed by atoms with Gasteiger partial charge in [0.25, 0.3) is 0 Å². The predicted octanol–water partition coefficient (Wildman–Crippen LogP) is 2.63. The first-order chi connectivity index (χ1) is 11.7. The molecule has 25 heavy (non-hydrogen) atoms. The molecule has 0 spiro atoms. The maximum atomic E-state index is 12.1. The minimum Gasteiger partial charge on any atom is -0.465 e. The van der Waals surface area contributed by atoms with E-state index in [-0.39, 0.29) is 30.3 Å². The van der Waals surface area contributed by atoms with Crippen molar-refractivity contribution in [1.82, 2.24) is 10.3 Å². The van der Waals surface area contributed by atoms with Gasteiger partial charge >= 0.3 is 5.97 Å². The Kier molecular flexibility index (Phi) is 6.92. The van der Waals surface area contributed by atoms with E-state index >= 15 is 0 Å². The van der Waals surface area contributed by atoms with Crippen LogP contribution >= 0.6 is 23.7 Å². The van der Waals surface area contributed by atoms with Crippen LogP contribution < -0.4 is 10.6 Å². The summed E-state index contributed by atoms with van der Waals surface area (Å²) in [6.45, 7) is 0.887. The Morgan fingerprint density at radius 3 is 3.00 bits per heavy atom. The zero-order chi connectivity index (χ0) is 16.9. The Morgan fingerprint density at radius 1 is 1.44 bits per heavy atom. The Balaban J connectivity index is 0.00000225. The van der Waals surface area contributed by atoms with Crippen LogP contribution in [-0.4, -0.2) is 36.6 Å². The summed E-state index contributed by atoms with van der Waals surface area (Å²) < 4.78 is 4.74. The zero-order valence-corrected chi connectivity index (χ0v) is 15.4. The van der Waals surface area contributed by atoms with Crippen molar-refractivity contribution in [3.8, 4) is 0 Å². The Bertz CT molecular complexity index is 744. The van der Waals surface area contributed by atoms with Crippen molar-refractivity contribution in [3.63, 3.8) is 0 Å². The lowest BCUT2D eigenvalue weighted by Gasteiger charge is -2.08. The summed E-state index contributed by atoms with van der Waals surface area (Å²) in [7, 11) is 1.37. The van der Waals surface area contributed by atoms with E-state index in [1.165, 1.54) is 18.4 Å². The van der Waals surface area contributed by atoms with Gasteiger partial charge in [-0.3, -0.25) is 4.79 Å². The highest BCUT2D eigenvalue weighted by Gasteiger charge is 2.22. The van der Waals surface area contributed by atoms with E-state index in [0.717, 1.165) is 29.8 Å². The van der Waals surface area contributed by atoms with Gasteiger partial charge in [-0.05, 0) is 37.1 Å². The van der Waals surface area contributed by atoms with E-state index < -0.39 is 0 Å². The molecule has 1 unspecified atom stereocenters. The second-order valence-electron chi connectivity index (χ2n) is 5.64. The molecule has 1 atom stereocenters. The highest BCUT2D eigenvalue weighted by atomic mass is 35.5. The summed E-state index contributed by atoms with van der Waals surface area (Å²) in [4.78, 5) is 28.9. The van der Waals surface area contributed by atoms with Crippen molar-refractivity contribution in [2.75, 3.05) is 19.0 Å². The van der Waals surface area contributed by atoms with Gasteiger partial charge in [-0.25, -0.2) is 9.78 Å². The van der Waals surface area contributed by atoms with Gasteiger partial charge in [-0.2, -0.15) is 0 Å². The number of ether oxygens (including phenoxy) is 1. The first-order valence-corrected chi connectivity index (χ1v) is 8.63. The molecule has 0 radical (unpaired) electrons. The molecule has 1 amide bonds. The number of amides is 1. The SMILES string of the molecule is COC(=O)c1cccc(Cc2cnc(NC(=O)C3CCCN3)s2)c1.Cl. The van der Waals surface area contributed by atoms with E-state index in [1.54, 1.807) is 12.3 Å². The number of hydrogen-bond donors (Lipinski definition) is 2. The van der Waals surface area contributed by atoms with Crippen LogP contribution in [0.2, 0.25) is 0 Å². The van der Waals surface area contributed by atoms with Crippen molar-refractivity contribution >= 4 is 40.8 Å². The van der Waals surface area contributed by atoms with Crippen molar-refractivity contribution in [2.45, 2.75) is 25.3 Å². The first-order valence-electron chi connectivity index (χ1n) is 7.82. The summed E-state index contributed by atoms with van der Waals surface area (Å²) >= 11 is 1.45. The maximum absolute atomic E-state index is 12.1. The van der Waals surface area contributed by atoms with Gasteiger partial charge in [0, 0.05) is 17.5 Å². The number of rotatable bonds is 5. The highest BCUT2D eigenvalue weighted by Crippen LogP contribution is 2.22. The molecule has 2 aromatic rings. The average molecular weight is 382 g/mol. The van der Waals surface area contributed by atoms with Gasteiger partial charge in [0.1, 0.15) is 0 Å². The van der Waals surface area contributed by atoms with Gasteiger partial charge in [0.2, 0.25) is 5.91 Å². The van der Waals surface area contributed by atoms with E-state index in [0.29, 0.717) is 17.1 Å². The maximum Gasteiger partial charge on any atom is 0.337 e. The van der Waals surface area contributed by atoms with Crippen molar-refractivity contribution in [1.29, 1.82) is 0 Å². The van der Waals surface area contributed by atoms with Crippen molar-refractivity contribution in [3.05, 3.63) is 46.5 Å². The number of carbonyl (C=O) groups excluding carboxylic acids is 2. The molecule has 1 aromatic carbocycles.